The van der Waals surface area contributed by atoms with Crippen LogP contribution in [0.2, 0.25) is 0 Å². The Morgan fingerprint density at radius 2 is 1.97 bits per heavy atom. The van der Waals surface area contributed by atoms with Crippen molar-refractivity contribution in [1.82, 2.24) is 15.1 Å². The van der Waals surface area contributed by atoms with E-state index in [1.54, 1.807) is 17.4 Å². The lowest BCUT2D eigenvalue weighted by Crippen LogP contribution is -2.25. The third-order valence-electron chi connectivity index (χ3n) is 5.71. The van der Waals surface area contributed by atoms with Crippen molar-refractivity contribution in [2.45, 2.75) is 46.6 Å². The standard InChI is InChI=1S/C25H28N4O3S/c1-14(2)24-27-28-25(33-24)17-5-7-19(8-6-17)32-21-11-20(23(26)31)16(4)10-18(21)13-29-12-15(3)9-22(29)30/h5-8,10-11,14-15H,9,12-13H2,1-4H3,(H2,26,31). The Labute approximate surface area is 197 Å². The third-order valence-corrected chi connectivity index (χ3v) is 6.98. The van der Waals surface area contributed by atoms with Crippen LogP contribution in [0.3, 0.4) is 0 Å². The molecule has 172 valence electrons. The highest BCUT2D eigenvalue weighted by Crippen LogP contribution is 2.33. The van der Waals surface area contributed by atoms with Crippen LogP contribution in [0.4, 0.5) is 0 Å². The number of amides is 2. The maximum Gasteiger partial charge on any atom is 0.249 e. The van der Waals surface area contributed by atoms with Crippen LogP contribution in [-0.4, -0.2) is 33.5 Å². The molecular weight excluding hydrogens is 436 g/mol. The lowest BCUT2D eigenvalue weighted by Gasteiger charge is -2.20. The smallest absolute Gasteiger partial charge is 0.249 e. The highest BCUT2D eigenvalue weighted by Gasteiger charge is 2.27. The van der Waals surface area contributed by atoms with E-state index in [4.69, 9.17) is 10.5 Å². The molecule has 1 saturated heterocycles. The lowest BCUT2D eigenvalue weighted by molar-refractivity contribution is -0.128. The minimum atomic E-state index is -0.512. The van der Waals surface area contributed by atoms with Gasteiger partial charge in [-0.25, -0.2) is 0 Å². The van der Waals surface area contributed by atoms with Gasteiger partial charge in [0.15, 0.2) is 0 Å². The fraction of sp³-hybridized carbons (Fsp3) is 0.360. The topological polar surface area (TPSA) is 98.4 Å². The quantitative estimate of drug-likeness (QED) is 0.536. The van der Waals surface area contributed by atoms with E-state index in [-0.39, 0.29) is 5.91 Å². The second-order valence-corrected chi connectivity index (χ2v) is 9.96. The average molecular weight is 465 g/mol. The molecule has 8 heteroatoms. The monoisotopic (exact) mass is 464 g/mol. The van der Waals surface area contributed by atoms with E-state index in [1.165, 1.54) is 0 Å². The number of hydrogen-bond acceptors (Lipinski definition) is 6. The van der Waals surface area contributed by atoms with Crippen molar-refractivity contribution in [2.75, 3.05) is 6.54 Å². The number of primary amides is 1. The molecule has 1 aliphatic rings. The van der Waals surface area contributed by atoms with Crippen LogP contribution >= 0.6 is 11.3 Å². The third kappa shape index (κ3) is 5.06. The van der Waals surface area contributed by atoms with Crippen LogP contribution in [-0.2, 0) is 11.3 Å². The summed E-state index contributed by atoms with van der Waals surface area (Å²) < 4.78 is 6.18. The summed E-state index contributed by atoms with van der Waals surface area (Å²) in [5.41, 5.74) is 8.54. The molecule has 33 heavy (non-hydrogen) atoms. The lowest BCUT2D eigenvalue weighted by atomic mass is 10.0. The first kappa shape index (κ1) is 22.9. The van der Waals surface area contributed by atoms with Gasteiger partial charge >= 0.3 is 0 Å². The van der Waals surface area contributed by atoms with Gasteiger partial charge in [-0.05, 0) is 54.8 Å². The predicted octanol–water partition coefficient (Wildman–Crippen LogP) is 4.90. The van der Waals surface area contributed by atoms with E-state index in [0.717, 1.165) is 26.7 Å². The number of rotatable bonds is 7. The van der Waals surface area contributed by atoms with Gasteiger partial charge in [0.05, 0.1) is 0 Å². The van der Waals surface area contributed by atoms with Gasteiger partial charge in [-0.15, -0.1) is 10.2 Å². The van der Waals surface area contributed by atoms with Gasteiger partial charge < -0.3 is 15.4 Å². The van der Waals surface area contributed by atoms with E-state index < -0.39 is 5.91 Å². The number of ether oxygens (including phenoxy) is 1. The molecule has 2 amide bonds. The van der Waals surface area contributed by atoms with E-state index in [0.29, 0.717) is 48.4 Å². The first-order valence-electron chi connectivity index (χ1n) is 11.0. The van der Waals surface area contributed by atoms with Gasteiger partial charge in [0, 0.05) is 42.1 Å². The second kappa shape index (κ2) is 9.31. The summed E-state index contributed by atoms with van der Waals surface area (Å²) in [6, 6.07) is 11.2. The molecule has 0 spiro atoms. The van der Waals surface area contributed by atoms with Crippen molar-refractivity contribution in [3.05, 3.63) is 58.1 Å². The van der Waals surface area contributed by atoms with Crippen molar-refractivity contribution in [2.24, 2.45) is 11.7 Å². The molecule has 7 nitrogen and oxygen atoms in total. The van der Waals surface area contributed by atoms with Gasteiger partial charge in [-0.3, -0.25) is 9.59 Å². The van der Waals surface area contributed by atoms with Crippen molar-refractivity contribution >= 4 is 23.2 Å². The number of likely N-dealkylation sites (tertiary alicyclic amines) is 1. The molecule has 3 aromatic rings. The number of carbonyl (C=O) groups excluding carboxylic acids is 2. The second-order valence-electron chi connectivity index (χ2n) is 8.95. The summed E-state index contributed by atoms with van der Waals surface area (Å²) in [4.78, 5) is 26.1. The highest BCUT2D eigenvalue weighted by atomic mass is 32.1. The first-order chi connectivity index (χ1) is 15.7. The molecule has 2 aromatic carbocycles. The Balaban J connectivity index is 1.61. The van der Waals surface area contributed by atoms with Crippen molar-refractivity contribution in [1.29, 1.82) is 0 Å². The SMILES string of the molecule is Cc1cc(CN2CC(C)CC2=O)c(Oc2ccc(-c3nnc(C(C)C)s3)cc2)cc1C(N)=O. The number of benzene rings is 2. The molecule has 2 heterocycles. The fourth-order valence-electron chi connectivity index (χ4n) is 3.94. The van der Waals surface area contributed by atoms with Crippen LogP contribution in [0.5, 0.6) is 11.5 Å². The Kier molecular flexibility index (Phi) is 6.47. The maximum absolute atomic E-state index is 12.3. The Morgan fingerprint density at radius 3 is 2.55 bits per heavy atom. The summed E-state index contributed by atoms with van der Waals surface area (Å²) in [6.45, 7) is 9.24. The first-order valence-corrected chi connectivity index (χ1v) is 11.9. The summed E-state index contributed by atoms with van der Waals surface area (Å²) in [6.07, 6.45) is 0.556. The van der Waals surface area contributed by atoms with Gasteiger partial charge in [-0.1, -0.05) is 32.1 Å². The zero-order valence-electron chi connectivity index (χ0n) is 19.3. The molecule has 0 radical (unpaired) electrons. The van der Waals surface area contributed by atoms with Crippen LogP contribution in [0.15, 0.2) is 36.4 Å². The summed E-state index contributed by atoms with van der Waals surface area (Å²) in [7, 11) is 0. The molecule has 1 fully saturated rings. The fourth-order valence-corrected chi connectivity index (χ4v) is 4.79. The number of carbonyl (C=O) groups is 2. The minimum Gasteiger partial charge on any atom is -0.457 e. The van der Waals surface area contributed by atoms with Gasteiger partial charge in [0.1, 0.15) is 21.5 Å². The number of aryl methyl sites for hydroxylation is 1. The number of nitrogens with zero attached hydrogens (tertiary/aromatic N) is 3. The van der Waals surface area contributed by atoms with Gasteiger partial charge in [0.2, 0.25) is 11.8 Å². The molecular formula is C25H28N4O3S. The largest absolute Gasteiger partial charge is 0.457 e. The molecule has 2 N–H and O–H groups in total. The highest BCUT2D eigenvalue weighted by molar-refractivity contribution is 7.14. The number of nitrogens with two attached hydrogens (primary N) is 1. The minimum absolute atomic E-state index is 0.132. The molecule has 0 aliphatic carbocycles. The van der Waals surface area contributed by atoms with Crippen LogP contribution in [0.1, 0.15) is 59.6 Å². The van der Waals surface area contributed by atoms with Crippen molar-refractivity contribution in [3.63, 3.8) is 0 Å². The summed E-state index contributed by atoms with van der Waals surface area (Å²) in [5.74, 6) is 1.43. The van der Waals surface area contributed by atoms with Crippen LogP contribution in [0.25, 0.3) is 10.6 Å². The van der Waals surface area contributed by atoms with E-state index in [2.05, 4.69) is 31.0 Å². The van der Waals surface area contributed by atoms with Crippen molar-refractivity contribution < 1.29 is 14.3 Å². The zero-order valence-corrected chi connectivity index (χ0v) is 20.1. The van der Waals surface area contributed by atoms with Crippen molar-refractivity contribution in [3.8, 4) is 22.1 Å². The zero-order chi connectivity index (χ0) is 23.7. The summed E-state index contributed by atoms with van der Waals surface area (Å²) >= 11 is 1.58. The van der Waals surface area contributed by atoms with Crippen LogP contribution in [0, 0.1) is 12.8 Å². The van der Waals surface area contributed by atoms with E-state index >= 15 is 0 Å². The number of aromatic nitrogens is 2. The number of hydrogen-bond donors (Lipinski definition) is 1. The van der Waals surface area contributed by atoms with E-state index in [1.807, 2.05) is 42.2 Å². The van der Waals surface area contributed by atoms with E-state index in [9.17, 15) is 9.59 Å². The summed E-state index contributed by atoms with van der Waals surface area (Å²) in [5, 5.41) is 10.4. The molecule has 1 unspecified atom stereocenters. The average Bonchev–Trinajstić information content (AvgIpc) is 3.37. The van der Waals surface area contributed by atoms with Gasteiger partial charge in [-0.2, -0.15) is 0 Å². The maximum atomic E-state index is 12.3. The molecule has 1 aliphatic heterocycles. The normalized spacial score (nSPS) is 16.0. The molecule has 0 bridgehead atoms. The molecule has 4 rings (SSSR count). The Bertz CT molecular complexity index is 1190. The molecule has 1 atom stereocenters. The Hall–Kier alpha value is -3.26. The van der Waals surface area contributed by atoms with Gasteiger partial charge in [0.25, 0.3) is 0 Å². The molecule has 0 saturated carbocycles. The van der Waals surface area contributed by atoms with Crippen LogP contribution < -0.4 is 10.5 Å². The Morgan fingerprint density at radius 1 is 1.24 bits per heavy atom. The molecule has 1 aromatic heterocycles. The predicted molar refractivity (Wildman–Crippen MR) is 128 cm³/mol.